The van der Waals surface area contributed by atoms with Crippen molar-refractivity contribution in [1.82, 2.24) is 29.5 Å². The van der Waals surface area contributed by atoms with Crippen LogP contribution in [-0.4, -0.2) is 75.1 Å². The van der Waals surface area contributed by atoms with E-state index in [0.29, 0.717) is 24.8 Å². The summed E-state index contributed by atoms with van der Waals surface area (Å²) in [6, 6.07) is 0.0750. The van der Waals surface area contributed by atoms with E-state index in [1.807, 2.05) is 9.80 Å². The van der Waals surface area contributed by atoms with Crippen molar-refractivity contribution < 1.29 is 9.59 Å². The number of fused-ring (bicyclic) bond motifs is 1. The molecule has 2 aliphatic heterocycles. The van der Waals surface area contributed by atoms with Gasteiger partial charge in [0, 0.05) is 52.6 Å². The third-order valence-electron chi connectivity index (χ3n) is 5.23. The minimum Gasteiger partial charge on any atom is -0.333 e. The van der Waals surface area contributed by atoms with Crippen molar-refractivity contribution in [2.45, 2.75) is 52.1 Å². The van der Waals surface area contributed by atoms with E-state index in [0.717, 1.165) is 50.7 Å². The number of hydrogen-bond acceptors (Lipinski definition) is 4. The highest BCUT2D eigenvalue weighted by Gasteiger charge is 2.31. The highest BCUT2D eigenvalue weighted by molar-refractivity contribution is 5.76. The highest BCUT2D eigenvalue weighted by atomic mass is 16.2. The molecule has 144 valence electrons. The van der Waals surface area contributed by atoms with Gasteiger partial charge in [0.15, 0.2) is 5.82 Å². The minimum absolute atomic E-state index is 0.0750. The van der Waals surface area contributed by atoms with Crippen molar-refractivity contribution in [2.75, 3.05) is 33.7 Å². The summed E-state index contributed by atoms with van der Waals surface area (Å²) in [5.74, 6) is 2.81. The van der Waals surface area contributed by atoms with Crippen LogP contribution >= 0.6 is 0 Å². The maximum atomic E-state index is 12.3. The number of amides is 3. The van der Waals surface area contributed by atoms with Gasteiger partial charge in [0.05, 0.1) is 6.54 Å². The number of nitrogens with zero attached hydrogens (tertiary/aromatic N) is 6. The number of rotatable bonds is 3. The summed E-state index contributed by atoms with van der Waals surface area (Å²) in [6.45, 7) is 7.67. The van der Waals surface area contributed by atoms with Gasteiger partial charge in [-0.1, -0.05) is 13.8 Å². The molecule has 0 aromatic carbocycles. The van der Waals surface area contributed by atoms with E-state index < -0.39 is 0 Å². The van der Waals surface area contributed by atoms with E-state index in [-0.39, 0.29) is 11.9 Å². The lowest BCUT2D eigenvalue weighted by molar-refractivity contribution is -0.133. The largest absolute Gasteiger partial charge is 0.333 e. The maximum Gasteiger partial charge on any atom is 0.319 e. The van der Waals surface area contributed by atoms with E-state index in [1.165, 1.54) is 0 Å². The molecule has 0 unspecified atom stereocenters. The van der Waals surface area contributed by atoms with Crippen LogP contribution < -0.4 is 0 Å². The van der Waals surface area contributed by atoms with Crippen molar-refractivity contribution in [3.05, 3.63) is 11.6 Å². The molecule has 0 saturated carbocycles. The molecule has 1 aromatic rings. The molecule has 8 nitrogen and oxygen atoms in total. The lowest BCUT2D eigenvalue weighted by Crippen LogP contribution is -2.44. The predicted molar refractivity (Wildman–Crippen MR) is 97.5 cm³/mol. The number of piperidine rings is 1. The summed E-state index contributed by atoms with van der Waals surface area (Å²) in [6.07, 6.45) is 2.40. The molecule has 3 rings (SSSR count). The molecule has 0 N–H and O–H groups in total. The van der Waals surface area contributed by atoms with Gasteiger partial charge in [0.2, 0.25) is 5.91 Å². The summed E-state index contributed by atoms with van der Waals surface area (Å²) in [5.41, 5.74) is 0. The number of likely N-dealkylation sites (tertiary alicyclic amines) is 1. The van der Waals surface area contributed by atoms with E-state index in [9.17, 15) is 9.59 Å². The first kappa shape index (κ1) is 18.7. The number of hydrogen-bond donors (Lipinski definition) is 0. The second-order valence-electron chi connectivity index (χ2n) is 7.98. The fourth-order valence-corrected chi connectivity index (χ4v) is 3.79. The second-order valence-corrected chi connectivity index (χ2v) is 7.98. The zero-order chi connectivity index (χ0) is 18.8. The SMILES string of the molecule is CC(C)CC(=O)N1CCn2c(nnc2C2CCN(C(=O)N(C)C)CC2)C1. The second kappa shape index (κ2) is 7.63. The van der Waals surface area contributed by atoms with Gasteiger partial charge >= 0.3 is 6.03 Å². The van der Waals surface area contributed by atoms with Gasteiger partial charge < -0.3 is 19.3 Å². The van der Waals surface area contributed by atoms with Crippen molar-refractivity contribution in [2.24, 2.45) is 5.92 Å². The predicted octanol–water partition coefficient (Wildman–Crippen LogP) is 1.53. The van der Waals surface area contributed by atoms with Gasteiger partial charge in [-0.05, 0) is 18.8 Å². The van der Waals surface area contributed by atoms with Crippen LogP contribution in [0.5, 0.6) is 0 Å². The monoisotopic (exact) mass is 362 g/mol. The standard InChI is InChI=1S/C18H30N6O2/c1-13(2)11-16(25)23-9-10-24-15(12-23)19-20-17(24)14-5-7-22(8-6-14)18(26)21(3)4/h13-14H,5-12H2,1-4H3. The molecule has 1 fully saturated rings. The topological polar surface area (TPSA) is 74.6 Å². The van der Waals surface area contributed by atoms with Crippen LogP contribution in [0, 0.1) is 5.92 Å². The van der Waals surface area contributed by atoms with Gasteiger partial charge in [-0.2, -0.15) is 0 Å². The third-order valence-corrected chi connectivity index (χ3v) is 5.23. The first-order valence-corrected chi connectivity index (χ1v) is 9.52. The van der Waals surface area contributed by atoms with Crippen LogP contribution in [0.3, 0.4) is 0 Å². The maximum absolute atomic E-state index is 12.3. The molecule has 8 heteroatoms. The molecule has 2 aliphatic rings. The molecule has 0 aliphatic carbocycles. The Kier molecular flexibility index (Phi) is 5.48. The number of urea groups is 1. The zero-order valence-corrected chi connectivity index (χ0v) is 16.3. The van der Waals surface area contributed by atoms with Crippen molar-refractivity contribution >= 4 is 11.9 Å². The molecule has 1 saturated heterocycles. The highest BCUT2D eigenvalue weighted by Crippen LogP contribution is 2.29. The molecular weight excluding hydrogens is 332 g/mol. The lowest BCUT2D eigenvalue weighted by Gasteiger charge is -2.34. The summed E-state index contributed by atoms with van der Waals surface area (Å²) in [5, 5.41) is 8.80. The Bertz CT molecular complexity index is 661. The van der Waals surface area contributed by atoms with Gasteiger partial charge in [0.1, 0.15) is 5.82 Å². The Labute approximate surface area is 155 Å². The average molecular weight is 362 g/mol. The van der Waals surface area contributed by atoms with Crippen LogP contribution in [0.1, 0.15) is 50.7 Å². The average Bonchev–Trinajstić information content (AvgIpc) is 3.03. The summed E-state index contributed by atoms with van der Waals surface area (Å²) in [7, 11) is 3.57. The smallest absolute Gasteiger partial charge is 0.319 e. The molecule has 1 aromatic heterocycles. The van der Waals surface area contributed by atoms with Crippen LogP contribution in [0.2, 0.25) is 0 Å². The quantitative estimate of drug-likeness (QED) is 0.817. The Morgan fingerprint density at radius 1 is 1.08 bits per heavy atom. The minimum atomic E-state index is 0.0750. The first-order valence-electron chi connectivity index (χ1n) is 9.52. The Balaban J connectivity index is 1.62. The van der Waals surface area contributed by atoms with E-state index in [4.69, 9.17) is 0 Å². The normalized spacial score (nSPS) is 18.2. The molecule has 0 spiro atoms. The molecule has 3 heterocycles. The molecule has 3 amide bonds. The van der Waals surface area contributed by atoms with Crippen LogP contribution in [0.15, 0.2) is 0 Å². The van der Waals surface area contributed by atoms with Gasteiger partial charge in [0.25, 0.3) is 0 Å². The van der Waals surface area contributed by atoms with Crippen molar-refractivity contribution in [3.63, 3.8) is 0 Å². The number of carbonyl (C=O) groups is 2. The Morgan fingerprint density at radius 3 is 2.38 bits per heavy atom. The summed E-state index contributed by atoms with van der Waals surface area (Å²) < 4.78 is 2.19. The van der Waals surface area contributed by atoms with Crippen molar-refractivity contribution in [3.8, 4) is 0 Å². The lowest BCUT2D eigenvalue weighted by atomic mass is 9.96. The molecule has 0 bridgehead atoms. The fourth-order valence-electron chi connectivity index (χ4n) is 3.79. The van der Waals surface area contributed by atoms with Crippen LogP contribution in [0.25, 0.3) is 0 Å². The van der Waals surface area contributed by atoms with E-state index in [2.05, 4.69) is 28.6 Å². The summed E-state index contributed by atoms with van der Waals surface area (Å²) >= 11 is 0. The van der Waals surface area contributed by atoms with E-state index in [1.54, 1.807) is 19.0 Å². The number of carbonyl (C=O) groups excluding carboxylic acids is 2. The van der Waals surface area contributed by atoms with Crippen molar-refractivity contribution in [1.29, 1.82) is 0 Å². The Morgan fingerprint density at radius 2 is 1.77 bits per heavy atom. The fraction of sp³-hybridized carbons (Fsp3) is 0.778. The van der Waals surface area contributed by atoms with Crippen LogP contribution in [-0.2, 0) is 17.9 Å². The number of aromatic nitrogens is 3. The Hall–Kier alpha value is -2.12. The summed E-state index contributed by atoms with van der Waals surface area (Å²) in [4.78, 5) is 29.8. The molecule has 0 atom stereocenters. The zero-order valence-electron chi connectivity index (χ0n) is 16.3. The molecular formula is C18H30N6O2. The van der Waals surface area contributed by atoms with Gasteiger partial charge in [-0.25, -0.2) is 4.79 Å². The van der Waals surface area contributed by atoms with E-state index >= 15 is 0 Å². The third kappa shape index (κ3) is 3.83. The molecule has 0 radical (unpaired) electrons. The molecule has 26 heavy (non-hydrogen) atoms. The van der Waals surface area contributed by atoms with Gasteiger partial charge in [-0.3, -0.25) is 4.79 Å². The van der Waals surface area contributed by atoms with Gasteiger partial charge in [-0.15, -0.1) is 10.2 Å². The first-order chi connectivity index (χ1) is 12.4. The van der Waals surface area contributed by atoms with Crippen LogP contribution in [0.4, 0.5) is 4.79 Å².